The van der Waals surface area contributed by atoms with Crippen LogP contribution in [0.1, 0.15) is 32.1 Å². The van der Waals surface area contributed by atoms with Crippen molar-refractivity contribution in [2.24, 2.45) is 17.2 Å². The zero-order valence-corrected chi connectivity index (χ0v) is 15.9. The molecule has 0 aliphatic rings. The number of carbonyl (C=O) groups is 5. The highest BCUT2D eigenvalue weighted by Crippen LogP contribution is 2.04. The lowest BCUT2D eigenvalue weighted by Crippen LogP contribution is -2.54. The number of hydrogen-bond donors (Lipinski definition) is 6. The lowest BCUT2D eigenvalue weighted by atomic mass is 10.1. The normalized spacial score (nSPS) is 13.9. The summed E-state index contributed by atoms with van der Waals surface area (Å²) in [5.41, 5.74) is 15.8. The average molecular weight is 405 g/mol. The summed E-state index contributed by atoms with van der Waals surface area (Å²) in [7, 11) is 0. The summed E-state index contributed by atoms with van der Waals surface area (Å²) < 4.78 is 0. The topological polar surface area (TPSA) is 208 Å². The molecule has 0 aromatic rings. The summed E-state index contributed by atoms with van der Waals surface area (Å²) in [6.07, 6.45) is 1.47. The standard InChI is InChI=1S/C15H27N5O6S/c1-27-7-6-8(16)13(23)19-9(2-4-11(17)21)14(24)20-10(15(25)26)3-5-12(18)22/h8-10H,2-7,16H2,1H3,(H2,17,21)(H2,18,22)(H,19,23)(H,20,24)(H,25,26)/t8-,9-,10-/m0/s1. The van der Waals surface area contributed by atoms with Crippen molar-refractivity contribution in [3.05, 3.63) is 0 Å². The summed E-state index contributed by atoms with van der Waals surface area (Å²) >= 11 is 1.50. The van der Waals surface area contributed by atoms with Crippen LogP contribution in [-0.4, -0.2) is 64.8 Å². The van der Waals surface area contributed by atoms with Crippen molar-refractivity contribution in [3.8, 4) is 0 Å². The molecule has 0 aliphatic heterocycles. The Morgan fingerprint density at radius 2 is 1.37 bits per heavy atom. The van der Waals surface area contributed by atoms with Crippen LogP contribution in [0.4, 0.5) is 0 Å². The molecule has 0 radical (unpaired) electrons. The van der Waals surface area contributed by atoms with Crippen molar-refractivity contribution in [2.45, 2.75) is 50.2 Å². The molecular weight excluding hydrogens is 378 g/mol. The van der Waals surface area contributed by atoms with Crippen molar-refractivity contribution in [1.82, 2.24) is 10.6 Å². The van der Waals surface area contributed by atoms with E-state index in [1.165, 1.54) is 11.8 Å². The van der Waals surface area contributed by atoms with E-state index in [4.69, 9.17) is 22.3 Å². The third-order valence-electron chi connectivity index (χ3n) is 3.58. The van der Waals surface area contributed by atoms with Gasteiger partial charge >= 0.3 is 5.97 Å². The van der Waals surface area contributed by atoms with Crippen molar-refractivity contribution in [1.29, 1.82) is 0 Å². The molecular formula is C15H27N5O6S. The number of amides is 4. The molecule has 0 unspecified atom stereocenters. The lowest BCUT2D eigenvalue weighted by molar-refractivity contribution is -0.142. The van der Waals surface area contributed by atoms with E-state index in [0.29, 0.717) is 12.2 Å². The monoisotopic (exact) mass is 405 g/mol. The predicted molar refractivity (Wildman–Crippen MR) is 99.3 cm³/mol. The molecule has 0 aromatic heterocycles. The Balaban J connectivity index is 5.04. The molecule has 0 heterocycles. The minimum Gasteiger partial charge on any atom is -0.480 e. The van der Waals surface area contributed by atoms with Crippen molar-refractivity contribution >= 4 is 41.4 Å². The molecule has 0 rings (SSSR count). The first-order chi connectivity index (χ1) is 12.6. The molecule has 0 aliphatic carbocycles. The van der Waals surface area contributed by atoms with Gasteiger partial charge in [-0.25, -0.2) is 4.79 Å². The highest BCUT2D eigenvalue weighted by atomic mass is 32.2. The third kappa shape index (κ3) is 11.1. The van der Waals surface area contributed by atoms with Crippen LogP contribution in [-0.2, 0) is 24.0 Å². The fraction of sp³-hybridized carbons (Fsp3) is 0.667. The Morgan fingerprint density at radius 1 is 0.889 bits per heavy atom. The minimum atomic E-state index is -1.37. The van der Waals surface area contributed by atoms with Gasteiger partial charge in [0.1, 0.15) is 12.1 Å². The molecule has 0 spiro atoms. The van der Waals surface area contributed by atoms with Gasteiger partial charge in [0.2, 0.25) is 23.6 Å². The molecule has 11 nitrogen and oxygen atoms in total. The van der Waals surface area contributed by atoms with Gasteiger partial charge in [0.25, 0.3) is 0 Å². The van der Waals surface area contributed by atoms with Crippen LogP contribution in [0.2, 0.25) is 0 Å². The molecule has 0 aromatic carbocycles. The van der Waals surface area contributed by atoms with E-state index in [0.717, 1.165) is 0 Å². The van der Waals surface area contributed by atoms with Gasteiger partial charge in [-0.3, -0.25) is 19.2 Å². The Labute approximate surface area is 161 Å². The number of thioether (sulfide) groups is 1. The second-order valence-electron chi connectivity index (χ2n) is 5.86. The lowest BCUT2D eigenvalue weighted by Gasteiger charge is -2.22. The van der Waals surface area contributed by atoms with Gasteiger partial charge in [-0.2, -0.15) is 11.8 Å². The first kappa shape index (κ1) is 24.7. The number of rotatable bonds is 14. The first-order valence-electron chi connectivity index (χ1n) is 8.23. The Bertz CT molecular complexity index is 559. The number of nitrogens with one attached hydrogen (secondary N) is 2. The first-order valence-corrected chi connectivity index (χ1v) is 9.62. The number of nitrogens with two attached hydrogens (primary N) is 3. The average Bonchev–Trinajstić information content (AvgIpc) is 2.58. The Hall–Kier alpha value is -2.34. The predicted octanol–water partition coefficient (Wildman–Crippen LogP) is -2.35. The number of primary amides is 2. The fourth-order valence-electron chi connectivity index (χ4n) is 2.03. The summed E-state index contributed by atoms with van der Waals surface area (Å²) in [5.74, 6) is -3.54. The zero-order chi connectivity index (χ0) is 21.0. The van der Waals surface area contributed by atoms with Crippen LogP contribution in [0.5, 0.6) is 0 Å². The van der Waals surface area contributed by atoms with Crippen LogP contribution in [0.25, 0.3) is 0 Å². The number of carbonyl (C=O) groups excluding carboxylic acids is 4. The van der Waals surface area contributed by atoms with Crippen molar-refractivity contribution < 1.29 is 29.1 Å². The molecule has 0 saturated carbocycles. The van der Waals surface area contributed by atoms with Gasteiger partial charge < -0.3 is 32.9 Å². The molecule has 0 fully saturated rings. The number of aliphatic carboxylic acids is 1. The van der Waals surface area contributed by atoms with E-state index in [1.807, 2.05) is 6.26 Å². The van der Waals surface area contributed by atoms with E-state index in [9.17, 15) is 24.0 Å². The van der Waals surface area contributed by atoms with Crippen molar-refractivity contribution in [2.75, 3.05) is 12.0 Å². The highest BCUT2D eigenvalue weighted by Gasteiger charge is 2.28. The summed E-state index contributed by atoms with van der Waals surface area (Å²) in [4.78, 5) is 57.6. The third-order valence-corrected chi connectivity index (χ3v) is 4.22. The SMILES string of the molecule is CSCC[C@H](N)C(=O)N[C@@H](CCC(N)=O)C(=O)N[C@@H](CCC(N)=O)C(=O)O. The number of carboxylic acid groups (broad SMARTS) is 1. The van der Waals surface area contributed by atoms with Crippen LogP contribution in [0.15, 0.2) is 0 Å². The van der Waals surface area contributed by atoms with Crippen molar-refractivity contribution in [3.63, 3.8) is 0 Å². The zero-order valence-electron chi connectivity index (χ0n) is 15.1. The van der Waals surface area contributed by atoms with E-state index in [-0.39, 0.29) is 25.7 Å². The van der Waals surface area contributed by atoms with E-state index in [1.54, 1.807) is 0 Å². The fourth-order valence-corrected chi connectivity index (χ4v) is 2.52. The molecule has 4 amide bonds. The molecule has 0 saturated heterocycles. The second-order valence-corrected chi connectivity index (χ2v) is 6.84. The van der Waals surface area contributed by atoms with Crippen LogP contribution in [0, 0.1) is 0 Å². The Morgan fingerprint density at radius 3 is 1.81 bits per heavy atom. The largest absolute Gasteiger partial charge is 0.480 e. The summed E-state index contributed by atoms with van der Waals surface area (Å²) in [5, 5.41) is 13.8. The second kappa shape index (κ2) is 12.9. The van der Waals surface area contributed by atoms with Gasteiger partial charge in [-0.05, 0) is 31.3 Å². The number of carboxylic acids is 1. The van der Waals surface area contributed by atoms with E-state index >= 15 is 0 Å². The maximum atomic E-state index is 12.4. The van der Waals surface area contributed by atoms with E-state index < -0.39 is 47.7 Å². The van der Waals surface area contributed by atoms with Gasteiger partial charge in [0, 0.05) is 12.8 Å². The molecule has 3 atom stereocenters. The maximum Gasteiger partial charge on any atom is 0.326 e. The van der Waals surface area contributed by atoms with Gasteiger partial charge in [0.15, 0.2) is 0 Å². The summed E-state index contributed by atoms with van der Waals surface area (Å²) in [6.45, 7) is 0. The molecule has 12 heteroatoms. The highest BCUT2D eigenvalue weighted by molar-refractivity contribution is 7.98. The minimum absolute atomic E-state index is 0.121. The van der Waals surface area contributed by atoms with Crippen LogP contribution in [0.3, 0.4) is 0 Å². The van der Waals surface area contributed by atoms with E-state index in [2.05, 4.69) is 10.6 Å². The molecule has 0 bridgehead atoms. The molecule has 154 valence electrons. The van der Waals surface area contributed by atoms with Gasteiger partial charge in [-0.15, -0.1) is 0 Å². The Kier molecular flexibility index (Phi) is 11.8. The number of hydrogen-bond acceptors (Lipinski definition) is 7. The molecule has 27 heavy (non-hydrogen) atoms. The van der Waals surface area contributed by atoms with Gasteiger partial charge in [-0.1, -0.05) is 0 Å². The van der Waals surface area contributed by atoms with Gasteiger partial charge in [0.05, 0.1) is 6.04 Å². The quantitative estimate of drug-likeness (QED) is 0.184. The van der Waals surface area contributed by atoms with Crippen LogP contribution < -0.4 is 27.8 Å². The van der Waals surface area contributed by atoms with Crippen LogP contribution >= 0.6 is 11.8 Å². The summed E-state index contributed by atoms with van der Waals surface area (Å²) in [6, 6.07) is -3.42. The molecule has 9 N–H and O–H groups in total. The maximum absolute atomic E-state index is 12.4. The smallest absolute Gasteiger partial charge is 0.326 e.